The zero-order chi connectivity index (χ0) is 16.5. The van der Waals surface area contributed by atoms with Crippen molar-refractivity contribution in [2.45, 2.75) is 32.3 Å². The summed E-state index contributed by atoms with van der Waals surface area (Å²) in [5.41, 5.74) is 0.326. The Bertz CT molecular complexity index is 565. The number of aliphatic carboxylic acids is 1. The van der Waals surface area contributed by atoms with Gasteiger partial charge >= 0.3 is 12.1 Å². The van der Waals surface area contributed by atoms with E-state index in [4.69, 9.17) is 4.74 Å². The summed E-state index contributed by atoms with van der Waals surface area (Å²) < 4.78 is 6.27. The molecule has 0 radical (unpaired) electrons. The van der Waals surface area contributed by atoms with Crippen molar-refractivity contribution < 1.29 is 19.4 Å². The van der Waals surface area contributed by atoms with E-state index in [1.165, 1.54) is 4.90 Å². The smallest absolute Gasteiger partial charge is 0.410 e. The van der Waals surface area contributed by atoms with Crippen LogP contribution in [0.5, 0.6) is 0 Å². The molecule has 1 aromatic carbocycles. The Balaban J connectivity index is 2.18. The minimum Gasteiger partial charge on any atom is -0.481 e. The maximum absolute atomic E-state index is 12.2. The van der Waals surface area contributed by atoms with Gasteiger partial charge in [-0.3, -0.25) is 4.79 Å². The number of likely N-dealkylation sites (tertiary alicyclic amines) is 1. The lowest BCUT2D eigenvalue weighted by atomic mass is 9.89. The number of ether oxygens (including phenoxy) is 1. The SMILES string of the molecule is CC(C)(C)OC(=O)N1C[C@H](c2ccc(Br)cc2)[C@H](C(=O)O)C1. The number of rotatable bonds is 2. The van der Waals surface area contributed by atoms with E-state index in [2.05, 4.69) is 15.9 Å². The first-order chi connectivity index (χ1) is 10.2. The topological polar surface area (TPSA) is 66.8 Å². The Labute approximate surface area is 138 Å². The molecule has 2 atom stereocenters. The number of hydrogen-bond donors (Lipinski definition) is 1. The van der Waals surface area contributed by atoms with Crippen LogP contribution >= 0.6 is 15.9 Å². The van der Waals surface area contributed by atoms with Gasteiger partial charge in [0.1, 0.15) is 5.60 Å². The van der Waals surface area contributed by atoms with Crippen LogP contribution in [0.25, 0.3) is 0 Å². The summed E-state index contributed by atoms with van der Waals surface area (Å²) in [4.78, 5) is 25.2. The second-order valence-corrected chi connectivity index (χ2v) is 7.40. The van der Waals surface area contributed by atoms with Crippen molar-refractivity contribution in [3.8, 4) is 0 Å². The lowest BCUT2D eigenvalue weighted by Crippen LogP contribution is -2.35. The molecule has 1 fully saturated rings. The quantitative estimate of drug-likeness (QED) is 0.866. The summed E-state index contributed by atoms with van der Waals surface area (Å²) in [5.74, 6) is -1.73. The highest BCUT2D eigenvalue weighted by Crippen LogP contribution is 2.34. The first-order valence-electron chi connectivity index (χ1n) is 7.13. The monoisotopic (exact) mass is 369 g/mol. The largest absolute Gasteiger partial charge is 0.481 e. The van der Waals surface area contributed by atoms with E-state index >= 15 is 0 Å². The molecule has 1 saturated heterocycles. The fourth-order valence-corrected chi connectivity index (χ4v) is 2.84. The third-order valence-electron chi connectivity index (χ3n) is 3.59. The number of amides is 1. The molecule has 0 unspecified atom stereocenters. The second-order valence-electron chi connectivity index (χ2n) is 6.49. The van der Waals surface area contributed by atoms with Crippen LogP contribution in [0.15, 0.2) is 28.7 Å². The summed E-state index contributed by atoms with van der Waals surface area (Å²) in [6, 6.07) is 7.54. The highest BCUT2D eigenvalue weighted by Gasteiger charge is 2.41. The molecule has 5 nitrogen and oxygen atoms in total. The number of benzene rings is 1. The van der Waals surface area contributed by atoms with Gasteiger partial charge in [0.05, 0.1) is 5.92 Å². The maximum atomic E-state index is 12.2. The molecule has 0 aromatic heterocycles. The molecular weight excluding hydrogens is 350 g/mol. The predicted molar refractivity (Wildman–Crippen MR) is 85.8 cm³/mol. The third-order valence-corrected chi connectivity index (χ3v) is 4.12. The van der Waals surface area contributed by atoms with Crippen LogP contribution in [0, 0.1) is 5.92 Å². The van der Waals surface area contributed by atoms with E-state index in [0.29, 0.717) is 6.54 Å². The predicted octanol–water partition coefficient (Wildman–Crippen LogP) is 3.48. The molecule has 0 aliphatic carbocycles. The van der Waals surface area contributed by atoms with E-state index in [9.17, 15) is 14.7 Å². The number of nitrogens with zero attached hydrogens (tertiary/aromatic N) is 1. The average Bonchev–Trinajstić information content (AvgIpc) is 2.83. The molecule has 1 N–H and O–H groups in total. The van der Waals surface area contributed by atoms with Crippen molar-refractivity contribution in [3.63, 3.8) is 0 Å². The molecule has 0 spiro atoms. The van der Waals surface area contributed by atoms with Crippen LogP contribution in [0.4, 0.5) is 4.79 Å². The number of carboxylic acid groups (broad SMARTS) is 1. The normalized spacial score (nSPS) is 21.7. The van der Waals surface area contributed by atoms with Crippen LogP contribution in [0.2, 0.25) is 0 Å². The van der Waals surface area contributed by atoms with Gasteiger partial charge in [0.25, 0.3) is 0 Å². The Morgan fingerprint density at radius 2 is 1.82 bits per heavy atom. The average molecular weight is 370 g/mol. The summed E-state index contributed by atoms with van der Waals surface area (Å²) in [5, 5.41) is 9.44. The van der Waals surface area contributed by atoms with Gasteiger partial charge in [0, 0.05) is 23.5 Å². The summed E-state index contributed by atoms with van der Waals surface area (Å²) in [7, 11) is 0. The molecule has 0 bridgehead atoms. The maximum Gasteiger partial charge on any atom is 0.410 e. The molecule has 1 amide bonds. The van der Waals surface area contributed by atoms with E-state index in [1.807, 2.05) is 24.3 Å². The molecule has 6 heteroatoms. The van der Waals surface area contributed by atoms with Gasteiger partial charge in [-0.25, -0.2) is 4.79 Å². The van der Waals surface area contributed by atoms with Crippen molar-refractivity contribution in [2.24, 2.45) is 5.92 Å². The molecule has 1 aliphatic heterocycles. The first kappa shape index (κ1) is 16.8. The van der Waals surface area contributed by atoms with Crippen LogP contribution in [0.3, 0.4) is 0 Å². The van der Waals surface area contributed by atoms with E-state index in [0.717, 1.165) is 10.0 Å². The Kier molecular flexibility index (Phi) is 4.80. The molecule has 1 aromatic rings. The van der Waals surface area contributed by atoms with Crippen molar-refractivity contribution in [1.82, 2.24) is 4.90 Å². The van der Waals surface area contributed by atoms with Crippen LogP contribution in [-0.4, -0.2) is 40.8 Å². The van der Waals surface area contributed by atoms with Gasteiger partial charge in [-0.2, -0.15) is 0 Å². The highest BCUT2D eigenvalue weighted by molar-refractivity contribution is 9.10. The van der Waals surface area contributed by atoms with Gasteiger partial charge < -0.3 is 14.7 Å². The van der Waals surface area contributed by atoms with Crippen LogP contribution < -0.4 is 0 Å². The second kappa shape index (κ2) is 6.28. The molecular formula is C16H20BrNO4. The molecule has 2 rings (SSSR count). The Hall–Kier alpha value is -1.56. The Morgan fingerprint density at radius 3 is 2.32 bits per heavy atom. The standard InChI is InChI=1S/C16H20BrNO4/c1-16(2,3)22-15(21)18-8-12(13(9-18)14(19)20)10-4-6-11(17)7-5-10/h4-7,12-13H,8-9H2,1-3H3,(H,19,20)/t12-,13-/m1/s1. The summed E-state index contributed by atoms with van der Waals surface area (Å²) in [6.07, 6.45) is -0.460. The summed E-state index contributed by atoms with van der Waals surface area (Å²) in [6.45, 7) is 5.91. The lowest BCUT2D eigenvalue weighted by Gasteiger charge is -2.24. The van der Waals surface area contributed by atoms with E-state index in [1.54, 1.807) is 20.8 Å². The van der Waals surface area contributed by atoms with Crippen molar-refractivity contribution >= 4 is 28.0 Å². The van der Waals surface area contributed by atoms with Gasteiger partial charge in [0.2, 0.25) is 0 Å². The number of hydrogen-bond acceptors (Lipinski definition) is 3. The van der Waals surface area contributed by atoms with Crippen molar-refractivity contribution in [2.75, 3.05) is 13.1 Å². The Morgan fingerprint density at radius 1 is 1.23 bits per heavy atom. The van der Waals surface area contributed by atoms with Crippen LogP contribution in [-0.2, 0) is 9.53 Å². The minimum absolute atomic E-state index is 0.172. The minimum atomic E-state index is -0.890. The highest BCUT2D eigenvalue weighted by atomic mass is 79.9. The van der Waals surface area contributed by atoms with Gasteiger partial charge in [-0.1, -0.05) is 28.1 Å². The van der Waals surface area contributed by atoms with Crippen molar-refractivity contribution in [3.05, 3.63) is 34.3 Å². The third kappa shape index (κ3) is 4.00. The number of carboxylic acids is 1. The van der Waals surface area contributed by atoms with Crippen molar-refractivity contribution in [1.29, 1.82) is 0 Å². The molecule has 120 valence electrons. The van der Waals surface area contributed by atoms with Gasteiger partial charge in [-0.05, 0) is 38.5 Å². The molecule has 0 saturated carbocycles. The fourth-order valence-electron chi connectivity index (χ4n) is 2.58. The lowest BCUT2D eigenvalue weighted by molar-refractivity contribution is -0.141. The molecule has 1 heterocycles. The van der Waals surface area contributed by atoms with Crippen LogP contribution in [0.1, 0.15) is 32.3 Å². The number of halogens is 1. The van der Waals surface area contributed by atoms with E-state index in [-0.39, 0.29) is 12.5 Å². The molecule has 1 aliphatic rings. The summed E-state index contributed by atoms with van der Waals surface area (Å²) >= 11 is 3.37. The molecule has 22 heavy (non-hydrogen) atoms. The number of carbonyl (C=O) groups is 2. The van der Waals surface area contributed by atoms with E-state index < -0.39 is 23.6 Å². The fraction of sp³-hybridized carbons (Fsp3) is 0.500. The van der Waals surface area contributed by atoms with Gasteiger partial charge in [-0.15, -0.1) is 0 Å². The zero-order valence-corrected chi connectivity index (χ0v) is 14.5. The number of carbonyl (C=O) groups excluding carboxylic acids is 1. The van der Waals surface area contributed by atoms with Gasteiger partial charge in [0.15, 0.2) is 0 Å². The zero-order valence-electron chi connectivity index (χ0n) is 12.9. The first-order valence-corrected chi connectivity index (χ1v) is 7.93.